The first-order valence-electron chi connectivity index (χ1n) is 8.11. The van der Waals surface area contributed by atoms with Crippen molar-refractivity contribution >= 4 is 17.5 Å². The molecule has 0 aliphatic heterocycles. The van der Waals surface area contributed by atoms with Gasteiger partial charge in [0.25, 0.3) is 5.91 Å². The monoisotopic (exact) mass is 349 g/mol. The number of carbonyl (C=O) groups is 1. The van der Waals surface area contributed by atoms with Gasteiger partial charge in [0.15, 0.2) is 5.69 Å². The number of hydrogen-bond donors (Lipinski definition) is 1. The van der Waals surface area contributed by atoms with Crippen molar-refractivity contribution in [3.63, 3.8) is 0 Å². The number of benzene rings is 1. The summed E-state index contributed by atoms with van der Waals surface area (Å²) in [4.78, 5) is 14.6. The van der Waals surface area contributed by atoms with E-state index in [4.69, 9.17) is 16.7 Å². The largest absolute Gasteiger partial charge is 0.396 e. The Bertz CT molecular complexity index is 697. The Morgan fingerprint density at radius 3 is 2.71 bits per heavy atom. The molecule has 0 fully saturated rings. The molecule has 2 aromatic rings. The minimum absolute atomic E-state index is 0.0405. The van der Waals surface area contributed by atoms with Crippen LogP contribution in [0.15, 0.2) is 30.3 Å². The number of rotatable bonds is 7. The Balaban J connectivity index is 2.23. The molecule has 24 heavy (non-hydrogen) atoms. The Morgan fingerprint density at radius 1 is 1.38 bits per heavy atom. The molecule has 1 amide bonds. The van der Waals surface area contributed by atoms with E-state index in [1.165, 1.54) is 0 Å². The minimum atomic E-state index is -0.133. The number of carbonyl (C=O) groups excluding carboxylic acids is 1. The maximum atomic E-state index is 12.9. The lowest BCUT2D eigenvalue weighted by Gasteiger charge is -2.21. The Labute approximate surface area is 147 Å². The molecule has 1 aromatic carbocycles. The van der Waals surface area contributed by atoms with Crippen LogP contribution in [-0.2, 0) is 13.6 Å². The van der Waals surface area contributed by atoms with Gasteiger partial charge in [0.2, 0.25) is 0 Å². The van der Waals surface area contributed by atoms with E-state index in [2.05, 4.69) is 18.9 Å². The summed E-state index contributed by atoms with van der Waals surface area (Å²) in [5.41, 5.74) is 2.40. The highest BCUT2D eigenvalue weighted by atomic mass is 35.5. The maximum absolute atomic E-state index is 12.9. The summed E-state index contributed by atoms with van der Waals surface area (Å²) in [5, 5.41) is 14.1. The molecule has 0 saturated carbocycles. The van der Waals surface area contributed by atoms with Crippen LogP contribution in [-0.4, -0.2) is 38.8 Å². The number of aliphatic hydroxyl groups is 1. The topological polar surface area (TPSA) is 58.4 Å². The number of aliphatic hydroxyl groups excluding tert-OH is 1. The van der Waals surface area contributed by atoms with Gasteiger partial charge < -0.3 is 10.0 Å². The van der Waals surface area contributed by atoms with E-state index in [-0.39, 0.29) is 12.5 Å². The van der Waals surface area contributed by atoms with Crippen molar-refractivity contribution < 1.29 is 9.90 Å². The molecule has 0 aliphatic carbocycles. The second kappa shape index (κ2) is 8.31. The van der Waals surface area contributed by atoms with Crippen LogP contribution >= 0.6 is 11.6 Å². The van der Waals surface area contributed by atoms with Crippen LogP contribution < -0.4 is 0 Å². The average molecular weight is 350 g/mol. The second-order valence-corrected chi connectivity index (χ2v) is 6.60. The summed E-state index contributed by atoms with van der Waals surface area (Å²) in [6, 6.07) is 9.29. The van der Waals surface area contributed by atoms with Gasteiger partial charge in [0.05, 0.1) is 0 Å². The summed E-state index contributed by atoms with van der Waals surface area (Å²) in [6.07, 6.45) is 0.524. The highest BCUT2D eigenvalue weighted by Gasteiger charge is 2.21. The first-order chi connectivity index (χ1) is 11.4. The third kappa shape index (κ3) is 4.58. The normalized spacial score (nSPS) is 11.1. The van der Waals surface area contributed by atoms with E-state index in [0.29, 0.717) is 36.1 Å². The van der Waals surface area contributed by atoms with Gasteiger partial charge in [0.1, 0.15) is 0 Å². The fraction of sp³-hybridized carbons (Fsp3) is 0.444. The highest BCUT2D eigenvalue weighted by Crippen LogP contribution is 2.18. The van der Waals surface area contributed by atoms with Gasteiger partial charge in [0, 0.05) is 37.5 Å². The predicted molar refractivity (Wildman–Crippen MR) is 95.2 cm³/mol. The van der Waals surface area contributed by atoms with E-state index >= 15 is 0 Å². The molecule has 1 heterocycles. The summed E-state index contributed by atoms with van der Waals surface area (Å²) < 4.78 is 1.75. The fourth-order valence-electron chi connectivity index (χ4n) is 2.66. The molecule has 0 radical (unpaired) electrons. The molecule has 0 spiro atoms. The number of hydrogen-bond acceptors (Lipinski definition) is 3. The van der Waals surface area contributed by atoms with Crippen LogP contribution in [0.25, 0.3) is 0 Å². The highest BCUT2D eigenvalue weighted by molar-refractivity contribution is 6.30. The summed E-state index contributed by atoms with van der Waals surface area (Å²) >= 11 is 6.03. The SMILES string of the molecule is CC(C)c1cc(C(=O)N(CCCO)Cc2cccc(Cl)c2)nn1C. The van der Waals surface area contributed by atoms with Crippen LogP contribution in [0, 0.1) is 0 Å². The van der Waals surface area contributed by atoms with Gasteiger partial charge in [-0.2, -0.15) is 5.10 Å². The van der Waals surface area contributed by atoms with E-state index in [0.717, 1.165) is 11.3 Å². The van der Waals surface area contributed by atoms with Crippen LogP contribution in [0.4, 0.5) is 0 Å². The quantitative estimate of drug-likeness (QED) is 0.835. The lowest BCUT2D eigenvalue weighted by Crippen LogP contribution is -2.32. The fourth-order valence-corrected chi connectivity index (χ4v) is 2.87. The lowest BCUT2D eigenvalue weighted by atomic mass is 10.1. The summed E-state index contributed by atoms with van der Waals surface area (Å²) in [6.45, 7) is 5.09. The van der Waals surface area contributed by atoms with Crippen molar-refractivity contribution in [2.45, 2.75) is 32.7 Å². The second-order valence-electron chi connectivity index (χ2n) is 6.17. The van der Waals surface area contributed by atoms with E-state index in [1.807, 2.05) is 31.3 Å². The third-order valence-corrected chi connectivity index (χ3v) is 4.10. The predicted octanol–water partition coefficient (Wildman–Crippen LogP) is 3.22. The van der Waals surface area contributed by atoms with Gasteiger partial charge >= 0.3 is 0 Å². The summed E-state index contributed by atoms with van der Waals surface area (Å²) in [5.74, 6) is 0.161. The van der Waals surface area contributed by atoms with E-state index in [1.54, 1.807) is 15.6 Å². The van der Waals surface area contributed by atoms with Crippen molar-refractivity contribution in [3.05, 3.63) is 52.3 Å². The molecule has 2 rings (SSSR count). The minimum Gasteiger partial charge on any atom is -0.396 e. The molecule has 0 aliphatic rings. The van der Waals surface area contributed by atoms with Gasteiger partial charge in [-0.05, 0) is 36.1 Å². The van der Waals surface area contributed by atoms with Crippen LogP contribution in [0.1, 0.15) is 47.9 Å². The molecule has 1 N–H and O–H groups in total. The molecule has 1 aromatic heterocycles. The van der Waals surface area contributed by atoms with Crippen LogP contribution in [0.2, 0.25) is 5.02 Å². The molecule has 130 valence electrons. The molecule has 0 bridgehead atoms. The van der Waals surface area contributed by atoms with Gasteiger partial charge in [-0.3, -0.25) is 9.48 Å². The van der Waals surface area contributed by atoms with Gasteiger partial charge in [-0.15, -0.1) is 0 Å². The number of aromatic nitrogens is 2. The number of aryl methyl sites for hydroxylation is 1. The molecule has 0 atom stereocenters. The number of nitrogens with zero attached hydrogens (tertiary/aromatic N) is 3. The first-order valence-corrected chi connectivity index (χ1v) is 8.48. The van der Waals surface area contributed by atoms with E-state index in [9.17, 15) is 4.79 Å². The molecule has 5 nitrogen and oxygen atoms in total. The zero-order valence-corrected chi connectivity index (χ0v) is 15.1. The molecule has 6 heteroatoms. The molecular weight excluding hydrogens is 326 g/mol. The van der Waals surface area contributed by atoms with Crippen LogP contribution in [0.5, 0.6) is 0 Å². The van der Waals surface area contributed by atoms with Crippen molar-refractivity contribution in [3.8, 4) is 0 Å². The third-order valence-electron chi connectivity index (χ3n) is 3.86. The Morgan fingerprint density at radius 2 is 2.12 bits per heavy atom. The van der Waals surface area contributed by atoms with Crippen LogP contribution in [0.3, 0.4) is 0 Å². The maximum Gasteiger partial charge on any atom is 0.274 e. The summed E-state index contributed by atoms with van der Waals surface area (Å²) in [7, 11) is 1.85. The Hall–Kier alpha value is -1.85. The van der Waals surface area contributed by atoms with Crippen molar-refractivity contribution in [2.75, 3.05) is 13.2 Å². The number of halogens is 1. The Kier molecular flexibility index (Phi) is 6.40. The smallest absolute Gasteiger partial charge is 0.274 e. The molecular formula is C18H24ClN3O2. The average Bonchev–Trinajstić information content (AvgIpc) is 2.93. The van der Waals surface area contributed by atoms with E-state index < -0.39 is 0 Å². The van der Waals surface area contributed by atoms with Crippen molar-refractivity contribution in [2.24, 2.45) is 7.05 Å². The number of amides is 1. The first kappa shape index (κ1) is 18.5. The zero-order valence-electron chi connectivity index (χ0n) is 14.4. The zero-order chi connectivity index (χ0) is 17.7. The molecule has 0 unspecified atom stereocenters. The lowest BCUT2D eigenvalue weighted by molar-refractivity contribution is 0.0725. The standard InChI is InChI=1S/C18H24ClN3O2/c1-13(2)17-11-16(20-21(17)3)18(24)22(8-5-9-23)12-14-6-4-7-15(19)10-14/h4,6-7,10-11,13,23H,5,8-9,12H2,1-3H3. The van der Waals surface area contributed by atoms with Gasteiger partial charge in [-0.25, -0.2) is 0 Å². The van der Waals surface area contributed by atoms with Crippen molar-refractivity contribution in [1.82, 2.24) is 14.7 Å². The van der Waals surface area contributed by atoms with Crippen molar-refractivity contribution in [1.29, 1.82) is 0 Å². The van der Waals surface area contributed by atoms with Gasteiger partial charge in [-0.1, -0.05) is 37.6 Å². The molecule has 0 saturated heterocycles.